The second-order valence-corrected chi connectivity index (χ2v) is 8.72. The first-order chi connectivity index (χ1) is 17.1. The molecule has 36 heavy (non-hydrogen) atoms. The Morgan fingerprint density at radius 3 is 2.33 bits per heavy atom. The topological polar surface area (TPSA) is 133 Å². The maximum absolute atomic E-state index is 13.2. The maximum Gasteiger partial charge on any atom is 0.311 e. The highest BCUT2D eigenvalue weighted by atomic mass is 16.6. The number of likely N-dealkylation sites (tertiary alicyclic amines) is 1. The van der Waals surface area contributed by atoms with Gasteiger partial charge in [0.05, 0.1) is 22.6 Å². The Bertz CT molecular complexity index is 1170. The third-order valence-electron chi connectivity index (χ3n) is 6.10. The zero-order valence-corrected chi connectivity index (χ0v) is 20.8. The van der Waals surface area contributed by atoms with Crippen LogP contribution in [-0.4, -0.2) is 68.9 Å². The minimum absolute atomic E-state index is 0.0501. The third kappa shape index (κ3) is 5.49. The van der Waals surface area contributed by atoms with Gasteiger partial charge in [0, 0.05) is 24.7 Å². The van der Waals surface area contributed by atoms with E-state index >= 15 is 0 Å². The van der Waals surface area contributed by atoms with Crippen LogP contribution in [0.25, 0.3) is 5.76 Å². The molecule has 10 heteroatoms. The summed E-state index contributed by atoms with van der Waals surface area (Å²) in [4.78, 5) is 40.4. The Morgan fingerprint density at radius 2 is 1.78 bits per heavy atom. The molecule has 3 rings (SSSR count). The van der Waals surface area contributed by atoms with Crippen LogP contribution in [-0.2, 0) is 9.59 Å². The number of ketones is 1. The van der Waals surface area contributed by atoms with E-state index in [1.54, 1.807) is 24.3 Å². The number of phenolic OH excluding ortho intramolecular Hbond substituents is 1. The van der Waals surface area contributed by atoms with E-state index in [9.17, 15) is 29.9 Å². The number of aliphatic hydroxyl groups excluding tert-OH is 1. The minimum Gasteiger partial charge on any atom is -0.507 e. The van der Waals surface area contributed by atoms with Crippen LogP contribution in [0, 0.1) is 10.1 Å². The quantitative estimate of drug-likeness (QED) is 0.166. The number of benzene rings is 2. The van der Waals surface area contributed by atoms with Crippen LogP contribution < -0.4 is 4.74 Å². The lowest BCUT2D eigenvalue weighted by atomic mass is 9.94. The Kier molecular flexibility index (Phi) is 8.31. The van der Waals surface area contributed by atoms with Gasteiger partial charge in [0.2, 0.25) is 0 Å². The molecular formula is C26H31N3O7. The zero-order valence-electron chi connectivity index (χ0n) is 20.8. The lowest BCUT2D eigenvalue weighted by Crippen LogP contribution is -2.38. The molecule has 0 aliphatic carbocycles. The summed E-state index contributed by atoms with van der Waals surface area (Å²) < 4.78 is 5.62. The molecule has 0 aromatic heterocycles. The molecule has 1 aliphatic rings. The standard InChI is InChI=1S/C26H31N3O7/c1-5-27(6-2)13-14-28-23(18-9-12-21(30)20(15-18)29(34)35)22(25(32)26(28)33)24(31)17-7-10-19(11-8-17)36-16(3)4/h7-12,15-16,23,30-31H,5-6,13-14H2,1-4H3/b24-22-. The maximum atomic E-state index is 13.2. The van der Waals surface area contributed by atoms with Crippen LogP contribution >= 0.6 is 0 Å². The number of carbonyl (C=O) groups excluding carboxylic acids is 2. The number of nitro groups is 1. The van der Waals surface area contributed by atoms with Gasteiger partial charge in [-0.15, -0.1) is 0 Å². The van der Waals surface area contributed by atoms with Crippen LogP contribution in [0.15, 0.2) is 48.0 Å². The molecule has 1 amide bonds. The summed E-state index contributed by atoms with van der Waals surface area (Å²) in [7, 11) is 0. The summed E-state index contributed by atoms with van der Waals surface area (Å²) in [5, 5.41) is 32.6. The van der Waals surface area contributed by atoms with Crippen LogP contribution in [0.3, 0.4) is 0 Å². The van der Waals surface area contributed by atoms with Gasteiger partial charge in [0.1, 0.15) is 11.5 Å². The zero-order chi connectivity index (χ0) is 26.6. The van der Waals surface area contributed by atoms with Gasteiger partial charge in [0.15, 0.2) is 5.75 Å². The number of Topliss-reactive ketones (excluding diaryl/α,β-unsaturated/α-hetero) is 1. The summed E-state index contributed by atoms with van der Waals surface area (Å²) >= 11 is 0. The predicted molar refractivity (Wildman–Crippen MR) is 134 cm³/mol. The first kappa shape index (κ1) is 26.7. The molecule has 1 heterocycles. The molecule has 1 aliphatic heterocycles. The van der Waals surface area contributed by atoms with Gasteiger partial charge >= 0.3 is 5.69 Å². The van der Waals surface area contributed by atoms with Crippen molar-refractivity contribution in [3.05, 3.63) is 69.3 Å². The van der Waals surface area contributed by atoms with Crippen molar-refractivity contribution in [1.82, 2.24) is 9.80 Å². The average molecular weight is 498 g/mol. The van der Waals surface area contributed by atoms with Crippen molar-refractivity contribution in [2.45, 2.75) is 39.8 Å². The van der Waals surface area contributed by atoms with Crippen LogP contribution in [0.2, 0.25) is 0 Å². The first-order valence-corrected chi connectivity index (χ1v) is 11.8. The Labute approximate surface area is 209 Å². The average Bonchev–Trinajstić information content (AvgIpc) is 3.09. The molecule has 0 bridgehead atoms. The molecule has 0 radical (unpaired) electrons. The molecule has 10 nitrogen and oxygen atoms in total. The molecule has 2 N–H and O–H groups in total. The van der Waals surface area contributed by atoms with Crippen molar-refractivity contribution in [3.63, 3.8) is 0 Å². The summed E-state index contributed by atoms with van der Waals surface area (Å²) in [5.41, 5.74) is -0.195. The number of hydrogen-bond acceptors (Lipinski definition) is 8. The lowest BCUT2D eigenvalue weighted by molar-refractivity contribution is -0.385. The van der Waals surface area contributed by atoms with E-state index < -0.39 is 39.9 Å². The number of aliphatic hydroxyl groups is 1. The number of nitro benzene ring substituents is 1. The Morgan fingerprint density at radius 1 is 1.14 bits per heavy atom. The van der Waals surface area contributed by atoms with Crippen molar-refractivity contribution < 1.29 is 29.5 Å². The second-order valence-electron chi connectivity index (χ2n) is 8.72. The van der Waals surface area contributed by atoms with Crippen molar-refractivity contribution in [1.29, 1.82) is 0 Å². The minimum atomic E-state index is -1.06. The van der Waals surface area contributed by atoms with Gasteiger partial charge in [-0.25, -0.2) is 0 Å². The number of hydrogen-bond donors (Lipinski definition) is 2. The fourth-order valence-corrected chi connectivity index (χ4v) is 4.22. The molecule has 0 saturated carbocycles. The lowest BCUT2D eigenvalue weighted by Gasteiger charge is -2.28. The highest BCUT2D eigenvalue weighted by Crippen LogP contribution is 2.41. The first-order valence-electron chi connectivity index (χ1n) is 11.8. The monoisotopic (exact) mass is 497 g/mol. The smallest absolute Gasteiger partial charge is 0.311 e. The van der Waals surface area contributed by atoms with E-state index in [2.05, 4.69) is 4.90 Å². The van der Waals surface area contributed by atoms with Crippen molar-refractivity contribution in [2.75, 3.05) is 26.2 Å². The molecule has 2 aromatic rings. The van der Waals surface area contributed by atoms with Gasteiger partial charge in [-0.2, -0.15) is 0 Å². The molecule has 2 aromatic carbocycles. The SMILES string of the molecule is CCN(CC)CCN1C(=O)C(=O)/C(=C(\O)c2ccc(OC(C)C)cc2)C1c1ccc(O)c([N+](=O)[O-])c1. The fourth-order valence-electron chi connectivity index (χ4n) is 4.22. The van der Waals surface area contributed by atoms with Crippen molar-refractivity contribution in [3.8, 4) is 11.5 Å². The highest BCUT2D eigenvalue weighted by Gasteiger charge is 2.46. The number of amides is 1. The number of ether oxygens (including phenoxy) is 1. The Balaban J connectivity index is 2.13. The normalized spacial score (nSPS) is 17.3. The van der Waals surface area contributed by atoms with Gasteiger partial charge < -0.3 is 24.7 Å². The van der Waals surface area contributed by atoms with Gasteiger partial charge in [-0.1, -0.05) is 19.9 Å². The summed E-state index contributed by atoms with van der Waals surface area (Å²) in [6.07, 6.45) is -0.0501. The molecular weight excluding hydrogens is 466 g/mol. The number of nitrogens with zero attached hydrogens (tertiary/aromatic N) is 3. The fraction of sp³-hybridized carbons (Fsp3) is 0.385. The summed E-state index contributed by atoms with van der Waals surface area (Å²) in [6.45, 7) is 9.83. The van der Waals surface area contributed by atoms with Gasteiger partial charge in [-0.3, -0.25) is 19.7 Å². The summed E-state index contributed by atoms with van der Waals surface area (Å²) in [6, 6.07) is 9.07. The number of likely N-dealkylation sites (N-methyl/N-ethyl adjacent to an activating group) is 1. The largest absolute Gasteiger partial charge is 0.507 e. The van der Waals surface area contributed by atoms with Crippen molar-refractivity contribution in [2.24, 2.45) is 0 Å². The molecule has 192 valence electrons. The molecule has 0 spiro atoms. The molecule has 1 fully saturated rings. The predicted octanol–water partition coefficient (Wildman–Crippen LogP) is 3.85. The van der Waals surface area contributed by atoms with Crippen LogP contribution in [0.4, 0.5) is 5.69 Å². The second kappa shape index (κ2) is 11.2. The number of phenols is 1. The van der Waals surface area contributed by atoms with Crippen LogP contribution in [0.1, 0.15) is 44.9 Å². The number of aromatic hydroxyl groups is 1. The van der Waals surface area contributed by atoms with Crippen molar-refractivity contribution >= 4 is 23.1 Å². The number of rotatable bonds is 10. The molecule has 1 saturated heterocycles. The Hall–Kier alpha value is -3.92. The number of carbonyl (C=O) groups is 2. The summed E-state index contributed by atoms with van der Waals surface area (Å²) in [5.74, 6) is -2.04. The van der Waals surface area contributed by atoms with Gasteiger partial charge in [0.25, 0.3) is 11.7 Å². The van der Waals surface area contributed by atoms with E-state index in [1.165, 1.54) is 11.0 Å². The van der Waals surface area contributed by atoms with E-state index in [0.717, 1.165) is 25.2 Å². The van der Waals surface area contributed by atoms with E-state index in [1.807, 2.05) is 27.7 Å². The van der Waals surface area contributed by atoms with E-state index in [-0.39, 0.29) is 23.8 Å². The highest BCUT2D eigenvalue weighted by molar-refractivity contribution is 6.46. The van der Waals surface area contributed by atoms with E-state index in [0.29, 0.717) is 17.9 Å². The third-order valence-corrected chi connectivity index (χ3v) is 6.10. The van der Waals surface area contributed by atoms with Crippen LogP contribution in [0.5, 0.6) is 11.5 Å². The molecule has 1 unspecified atom stereocenters. The van der Waals surface area contributed by atoms with Gasteiger partial charge in [-0.05, 0) is 62.8 Å². The van der Waals surface area contributed by atoms with E-state index in [4.69, 9.17) is 4.74 Å². The molecule has 1 atom stereocenters.